The van der Waals surface area contributed by atoms with E-state index in [1.807, 2.05) is 13.8 Å². The molecule has 0 aliphatic rings. The van der Waals surface area contributed by atoms with Crippen LogP contribution in [0.15, 0.2) is 18.2 Å². The number of methoxy groups -OCH3 is 1. The standard InChI is InChI=1S/C14H19NO6/c1-14(2,20-3)7-8-21-9-10-5-4-6-11(15(18)19)12(10)13(16)17/h4-6H,7-9H2,1-3H3,(H,16,17). The molecule has 0 aromatic heterocycles. The lowest BCUT2D eigenvalue weighted by Gasteiger charge is -2.22. The van der Waals surface area contributed by atoms with Crippen LogP contribution in [-0.4, -0.2) is 35.3 Å². The molecule has 0 bridgehead atoms. The molecule has 0 unspecified atom stereocenters. The smallest absolute Gasteiger partial charge is 0.343 e. The number of hydrogen-bond acceptors (Lipinski definition) is 5. The maximum Gasteiger partial charge on any atom is 0.343 e. The minimum absolute atomic E-state index is 0.00308. The Kier molecular flexibility index (Phi) is 5.80. The quantitative estimate of drug-likeness (QED) is 0.450. The van der Waals surface area contributed by atoms with E-state index in [0.717, 1.165) is 0 Å². The third-order valence-corrected chi connectivity index (χ3v) is 3.20. The second-order valence-corrected chi connectivity index (χ2v) is 5.14. The number of rotatable bonds is 8. The second-order valence-electron chi connectivity index (χ2n) is 5.14. The van der Waals surface area contributed by atoms with Crippen molar-refractivity contribution in [2.45, 2.75) is 32.5 Å². The van der Waals surface area contributed by atoms with Crippen LogP contribution in [0.25, 0.3) is 0 Å². The number of ether oxygens (including phenoxy) is 2. The average Bonchev–Trinajstić information content (AvgIpc) is 2.43. The summed E-state index contributed by atoms with van der Waals surface area (Å²) in [5, 5.41) is 20.0. The minimum atomic E-state index is -1.34. The maximum atomic E-state index is 11.2. The van der Waals surface area contributed by atoms with Crippen molar-refractivity contribution in [2.24, 2.45) is 0 Å². The van der Waals surface area contributed by atoms with Gasteiger partial charge in [-0.05, 0) is 25.8 Å². The number of nitro groups is 1. The fourth-order valence-corrected chi connectivity index (χ4v) is 1.71. The number of nitrogens with zero attached hydrogens (tertiary/aromatic N) is 1. The summed E-state index contributed by atoms with van der Waals surface area (Å²) < 4.78 is 10.7. The molecule has 0 aliphatic carbocycles. The van der Waals surface area contributed by atoms with Crippen LogP contribution in [0.1, 0.15) is 36.2 Å². The molecule has 0 radical (unpaired) electrons. The van der Waals surface area contributed by atoms with Crippen molar-refractivity contribution >= 4 is 11.7 Å². The molecular weight excluding hydrogens is 278 g/mol. The molecular formula is C14H19NO6. The van der Waals surface area contributed by atoms with Gasteiger partial charge in [-0.1, -0.05) is 12.1 Å². The van der Waals surface area contributed by atoms with Crippen LogP contribution in [0.2, 0.25) is 0 Å². The topological polar surface area (TPSA) is 98.9 Å². The summed E-state index contributed by atoms with van der Waals surface area (Å²) in [5.41, 5.74) is -0.806. The zero-order valence-electron chi connectivity index (χ0n) is 12.3. The molecule has 0 aliphatic heterocycles. The van der Waals surface area contributed by atoms with Gasteiger partial charge < -0.3 is 14.6 Å². The van der Waals surface area contributed by atoms with E-state index in [2.05, 4.69) is 0 Å². The van der Waals surface area contributed by atoms with Gasteiger partial charge >= 0.3 is 5.97 Å². The molecule has 1 aromatic rings. The zero-order valence-corrected chi connectivity index (χ0v) is 12.3. The van der Waals surface area contributed by atoms with Crippen LogP contribution in [-0.2, 0) is 16.1 Å². The molecule has 0 heterocycles. The number of carbonyl (C=O) groups is 1. The third-order valence-electron chi connectivity index (χ3n) is 3.20. The molecule has 0 fully saturated rings. The number of aromatic carboxylic acids is 1. The van der Waals surface area contributed by atoms with Crippen molar-refractivity contribution in [3.63, 3.8) is 0 Å². The maximum absolute atomic E-state index is 11.2. The number of hydrogen-bond donors (Lipinski definition) is 1. The van der Waals surface area contributed by atoms with Crippen molar-refractivity contribution in [3.8, 4) is 0 Å². The molecule has 0 saturated heterocycles. The molecule has 0 amide bonds. The Labute approximate surface area is 122 Å². The Bertz CT molecular complexity index is 526. The predicted molar refractivity (Wildman–Crippen MR) is 75.4 cm³/mol. The Morgan fingerprint density at radius 3 is 2.62 bits per heavy atom. The lowest BCUT2D eigenvalue weighted by molar-refractivity contribution is -0.385. The largest absolute Gasteiger partial charge is 0.477 e. The normalized spacial score (nSPS) is 11.4. The highest BCUT2D eigenvalue weighted by atomic mass is 16.6. The van der Waals surface area contributed by atoms with E-state index in [1.165, 1.54) is 18.2 Å². The van der Waals surface area contributed by atoms with Gasteiger partial charge in [-0.25, -0.2) is 4.79 Å². The molecule has 7 heteroatoms. The molecule has 21 heavy (non-hydrogen) atoms. The average molecular weight is 297 g/mol. The van der Waals surface area contributed by atoms with Crippen molar-refractivity contribution in [3.05, 3.63) is 39.4 Å². The molecule has 7 nitrogen and oxygen atoms in total. The predicted octanol–water partition coefficient (Wildman–Crippen LogP) is 2.62. The fraction of sp³-hybridized carbons (Fsp3) is 0.500. The third kappa shape index (κ3) is 4.80. The van der Waals surface area contributed by atoms with E-state index < -0.39 is 16.6 Å². The Morgan fingerprint density at radius 1 is 1.43 bits per heavy atom. The van der Waals surface area contributed by atoms with Gasteiger partial charge in [-0.2, -0.15) is 0 Å². The second kappa shape index (κ2) is 7.14. The highest BCUT2D eigenvalue weighted by molar-refractivity contribution is 5.94. The van der Waals surface area contributed by atoms with Crippen LogP contribution in [0.4, 0.5) is 5.69 Å². The van der Waals surface area contributed by atoms with E-state index in [-0.39, 0.29) is 23.3 Å². The van der Waals surface area contributed by atoms with E-state index in [9.17, 15) is 14.9 Å². The zero-order chi connectivity index (χ0) is 16.0. The van der Waals surface area contributed by atoms with Crippen molar-refractivity contribution in [1.29, 1.82) is 0 Å². The number of carboxylic acids is 1. The minimum Gasteiger partial charge on any atom is -0.477 e. The van der Waals surface area contributed by atoms with Crippen LogP contribution in [0, 0.1) is 10.1 Å². The van der Waals surface area contributed by atoms with Crippen molar-refractivity contribution in [1.82, 2.24) is 0 Å². The van der Waals surface area contributed by atoms with Gasteiger partial charge in [0.25, 0.3) is 5.69 Å². The van der Waals surface area contributed by atoms with Crippen molar-refractivity contribution in [2.75, 3.05) is 13.7 Å². The molecule has 1 aromatic carbocycles. The summed E-state index contributed by atoms with van der Waals surface area (Å²) in [6.07, 6.45) is 0.626. The molecule has 0 saturated carbocycles. The molecule has 1 N–H and O–H groups in total. The SMILES string of the molecule is COC(C)(C)CCOCc1cccc([N+](=O)[O-])c1C(=O)O. The van der Waals surface area contributed by atoms with Gasteiger partial charge in [-0.15, -0.1) is 0 Å². The van der Waals surface area contributed by atoms with Crippen molar-refractivity contribution < 1.29 is 24.3 Å². The Hall–Kier alpha value is -1.99. The van der Waals surface area contributed by atoms with Gasteiger partial charge in [0.15, 0.2) is 0 Å². The molecule has 1 rings (SSSR count). The van der Waals surface area contributed by atoms with Crippen LogP contribution < -0.4 is 0 Å². The summed E-state index contributed by atoms with van der Waals surface area (Å²) in [7, 11) is 1.60. The van der Waals surface area contributed by atoms with E-state index in [1.54, 1.807) is 7.11 Å². The lowest BCUT2D eigenvalue weighted by atomic mass is 10.1. The Balaban J connectivity index is 2.78. The Morgan fingerprint density at radius 2 is 2.10 bits per heavy atom. The molecule has 0 atom stereocenters. The van der Waals surface area contributed by atoms with Gasteiger partial charge in [0, 0.05) is 19.8 Å². The monoisotopic (exact) mass is 297 g/mol. The summed E-state index contributed by atoms with van der Waals surface area (Å²) in [4.78, 5) is 21.4. The number of benzene rings is 1. The van der Waals surface area contributed by atoms with Gasteiger partial charge in [-0.3, -0.25) is 10.1 Å². The first-order chi connectivity index (χ1) is 9.78. The van der Waals surface area contributed by atoms with E-state index >= 15 is 0 Å². The highest BCUT2D eigenvalue weighted by Gasteiger charge is 2.23. The van der Waals surface area contributed by atoms with Gasteiger partial charge in [0.1, 0.15) is 5.56 Å². The van der Waals surface area contributed by atoms with Gasteiger partial charge in [0.05, 0.1) is 17.1 Å². The lowest BCUT2D eigenvalue weighted by Crippen LogP contribution is -2.24. The first kappa shape index (κ1) is 17.1. The number of nitro benzene ring substituents is 1. The van der Waals surface area contributed by atoms with E-state index in [0.29, 0.717) is 13.0 Å². The summed E-state index contributed by atoms with van der Waals surface area (Å²) in [6, 6.07) is 4.13. The first-order valence-corrected chi connectivity index (χ1v) is 6.41. The molecule has 116 valence electrons. The fourth-order valence-electron chi connectivity index (χ4n) is 1.71. The highest BCUT2D eigenvalue weighted by Crippen LogP contribution is 2.23. The summed E-state index contributed by atoms with van der Waals surface area (Å²) in [6.45, 7) is 4.19. The van der Waals surface area contributed by atoms with Crippen LogP contribution >= 0.6 is 0 Å². The molecule has 0 spiro atoms. The van der Waals surface area contributed by atoms with Crippen LogP contribution in [0.5, 0.6) is 0 Å². The van der Waals surface area contributed by atoms with E-state index in [4.69, 9.17) is 14.6 Å². The first-order valence-electron chi connectivity index (χ1n) is 6.41. The number of carboxylic acid groups (broad SMARTS) is 1. The van der Waals surface area contributed by atoms with Crippen LogP contribution in [0.3, 0.4) is 0 Å². The van der Waals surface area contributed by atoms with Gasteiger partial charge in [0.2, 0.25) is 0 Å². The summed E-state index contributed by atoms with van der Waals surface area (Å²) in [5.74, 6) is -1.34. The summed E-state index contributed by atoms with van der Waals surface area (Å²) >= 11 is 0.